The van der Waals surface area contributed by atoms with Gasteiger partial charge in [0.05, 0.1) is 5.69 Å². The smallest absolute Gasteiger partial charge is 0.145 e. The zero-order valence-corrected chi connectivity index (χ0v) is 10.3. The molecule has 1 aromatic heterocycles. The molecule has 17 heavy (non-hydrogen) atoms. The number of benzene rings is 1. The fourth-order valence-electron chi connectivity index (χ4n) is 1.94. The Bertz CT molecular complexity index is 517. The summed E-state index contributed by atoms with van der Waals surface area (Å²) in [5.41, 5.74) is 7.86. The Balaban J connectivity index is 1.92. The number of nitrogens with one attached hydrogen (secondary N) is 1. The standard InChI is InChI=1S/C13H15N3S/c14-13-8-11(15-16-13)10-6-1-2-7-12(10)17-9-4-3-5-9/h1-2,6-9H,3-5H2,(H3,14,15,16). The molecule has 0 spiro atoms. The minimum atomic E-state index is 0.545. The van der Waals surface area contributed by atoms with Crippen molar-refractivity contribution in [2.45, 2.75) is 29.4 Å². The van der Waals surface area contributed by atoms with E-state index in [2.05, 4.69) is 34.5 Å². The van der Waals surface area contributed by atoms with E-state index in [1.807, 2.05) is 17.8 Å². The summed E-state index contributed by atoms with van der Waals surface area (Å²) < 4.78 is 0. The molecule has 0 unspecified atom stereocenters. The van der Waals surface area contributed by atoms with Gasteiger partial charge in [0.1, 0.15) is 5.82 Å². The van der Waals surface area contributed by atoms with E-state index in [9.17, 15) is 0 Å². The highest BCUT2D eigenvalue weighted by Crippen LogP contribution is 2.40. The van der Waals surface area contributed by atoms with Crippen molar-refractivity contribution in [1.29, 1.82) is 0 Å². The molecule has 0 aliphatic heterocycles. The van der Waals surface area contributed by atoms with Crippen molar-refractivity contribution >= 4 is 17.6 Å². The molecule has 88 valence electrons. The van der Waals surface area contributed by atoms with Gasteiger partial charge in [-0.25, -0.2) is 0 Å². The molecule has 3 nitrogen and oxygen atoms in total. The monoisotopic (exact) mass is 245 g/mol. The summed E-state index contributed by atoms with van der Waals surface area (Å²) in [4.78, 5) is 1.32. The maximum absolute atomic E-state index is 5.66. The second-order valence-corrected chi connectivity index (χ2v) is 5.72. The number of H-pyrrole nitrogens is 1. The second-order valence-electron chi connectivity index (χ2n) is 4.37. The molecule has 2 aromatic rings. The van der Waals surface area contributed by atoms with Gasteiger partial charge in [0.15, 0.2) is 0 Å². The quantitative estimate of drug-likeness (QED) is 0.872. The van der Waals surface area contributed by atoms with Crippen molar-refractivity contribution in [2.24, 2.45) is 0 Å². The zero-order chi connectivity index (χ0) is 11.7. The van der Waals surface area contributed by atoms with Gasteiger partial charge in [0.25, 0.3) is 0 Å². The molecule has 1 aliphatic rings. The van der Waals surface area contributed by atoms with Crippen LogP contribution in [0.25, 0.3) is 11.3 Å². The Hall–Kier alpha value is -1.42. The summed E-state index contributed by atoms with van der Waals surface area (Å²) in [7, 11) is 0. The van der Waals surface area contributed by atoms with E-state index in [0.29, 0.717) is 5.82 Å². The van der Waals surface area contributed by atoms with Crippen LogP contribution >= 0.6 is 11.8 Å². The summed E-state index contributed by atoms with van der Waals surface area (Å²) in [6.45, 7) is 0. The molecule has 4 heteroatoms. The molecule has 1 heterocycles. The van der Waals surface area contributed by atoms with Gasteiger partial charge in [-0.3, -0.25) is 5.10 Å². The first-order valence-electron chi connectivity index (χ1n) is 5.90. The van der Waals surface area contributed by atoms with Crippen LogP contribution in [0.2, 0.25) is 0 Å². The van der Waals surface area contributed by atoms with E-state index in [0.717, 1.165) is 10.9 Å². The van der Waals surface area contributed by atoms with Crippen LogP contribution in [-0.4, -0.2) is 15.4 Å². The summed E-state index contributed by atoms with van der Waals surface area (Å²) in [5.74, 6) is 0.545. The fraction of sp³-hybridized carbons (Fsp3) is 0.308. The molecular formula is C13H15N3S. The maximum atomic E-state index is 5.66. The lowest BCUT2D eigenvalue weighted by Crippen LogP contribution is -2.12. The lowest BCUT2D eigenvalue weighted by molar-refractivity contribution is 0.522. The molecule has 0 amide bonds. The third kappa shape index (κ3) is 2.17. The highest BCUT2D eigenvalue weighted by atomic mass is 32.2. The lowest BCUT2D eigenvalue weighted by atomic mass is 10.00. The summed E-state index contributed by atoms with van der Waals surface area (Å²) in [6, 6.07) is 10.3. The number of hydrogen-bond acceptors (Lipinski definition) is 3. The van der Waals surface area contributed by atoms with Gasteiger partial charge in [0.2, 0.25) is 0 Å². The minimum absolute atomic E-state index is 0.545. The summed E-state index contributed by atoms with van der Waals surface area (Å²) in [6.07, 6.45) is 4.05. The Morgan fingerprint density at radius 2 is 2.12 bits per heavy atom. The molecule has 1 aromatic carbocycles. The predicted octanol–water partition coefficient (Wildman–Crippen LogP) is 3.30. The molecule has 1 saturated carbocycles. The summed E-state index contributed by atoms with van der Waals surface area (Å²) in [5, 5.41) is 7.76. The van der Waals surface area contributed by atoms with Gasteiger partial charge in [-0.2, -0.15) is 5.10 Å². The molecule has 3 N–H and O–H groups in total. The van der Waals surface area contributed by atoms with Crippen LogP contribution in [0.5, 0.6) is 0 Å². The number of anilines is 1. The van der Waals surface area contributed by atoms with Crippen molar-refractivity contribution in [2.75, 3.05) is 5.73 Å². The van der Waals surface area contributed by atoms with Crippen molar-refractivity contribution in [3.63, 3.8) is 0 Å². The number of nitrogens with two attached hydrogens (primary N) is 1. The van der Waals surface area contributed by atoms with E-state index in [-0.39, 0.29) is 0 Å². The number of nitrogen functional groups attached to an aromatic ring is 1. The van der Waals surface area contributed by atoms with Crippen LogP contribution in [0.1, 0.15) is 19.3 Å². The third-order valence-electron chi connectivity index (χ3n) is 3.12. The first-order chi connectivity index (χ1) is 8.33. The van der Waals surface area contributed by atoms with E-state index in [4.69, 9.17) is 5.73 Å². The predicted molar refractivity (Wildman–Crippen MR) is 71.9 cm³/mol. The Morgan fingerprint density at radius 1 is 1.29 bits per heavy atom. The number of thioether (sulfide) groups is 1. The van der Waals surface area contributed by atoms with E-state index in [1.165, 1.54) is 29.7 Å². The SMILES string of the molecule is Nc1cc(-c2ccccc2SC2CCC2)[nH]n1. The molecule has 0 saturated heterocycles. The number of nitrogens with zero attached hydrogens (tertiary/aromatic N) is 1. The first-order valence-corrected chi connectivity index (χ1v) is 6.78. The molecular weight excluding hydrogens is 230 g/mol. The number of aromatic nitrogens is 2. The Morgan fingerprint density at radius 3 is 2.76 bits per heavy atom. The first kappa shape index (κ1) is 10.7. The molecule has 1 fully saturated rings. The van der Waals surface area contributed by atoms with E-state index < -0.39 is 0 Å². The van der Waals surface area contributed by atoms with Crippen molar-refractivity contribution < 1.29 is 0 Å². The van der Waals surface area contributed by atoms with Gasteiger partial charge in [0, 0.05) is 21.8 Å². The van der Waals surface area contributed by atoms with Gasteiger partial charge < -0.3 is 5.73 Å². The average Bonchev–Trinajstić information content (AvgIpc) is 2.71. The molecule has 0 radical (unpaired) electrons. The van der Waals surface area contributed by atoms with Crippen LogP contribution in [0.4, 0.5) is 5.82 Å². The second kappa shape index (κ2) is 4.45. The van der Waals surface area contributed by atoms with Crippen LogP contribution in [0.15, 0.2) is 35.2 Å². The number of aromatic amines is 1. The van der Waals surface area contributed by atoms with Crippen LogP contribution in [0.3, 0.4) is 0 Å². The lowest BCUT2D eigenvalue weighted by Gasteiger charge is -2.25. The molecule has 0 bridgehead atoms. The Labute approximate surface area is 105 Å². The summed E-state index contributed by atoms with van der Waals surface area (Å²) >= 11 is 1.97. The van der Waals surface area contributed by atoms with E-state index in [1.54, 1.807) is 0 Å². The van der Waals surface area contributed by atoms with Gasteiger partial charge in [-0.05, 0) is 18.9 Å². The topological polar surface area (TPSA) is 54.7 Å². The van der Waals surface area contributed by atoms with Crippen molar-refractivity contribution in [1.82, 2.24) is 10.2 Å². The number of rotatable bonds is 3. The molecule has 1 aliphatic carbocycles. The average molecular weight is 245 g/mol. The van der Waals surface area contributed by atoms with Crippen LogP contribution in [-0.2, 0) is 0 Å². The molecule has 0 atom stereocenters. The van der Waals surface area contributed by atoms with E-state index >= 15 is 0 Å². The van der Waals surface area contributed by atoms with Gasteiger partial charge in [-0.1, -0.05) is 24.6 Å². The van der Waals surface area contributed by atoms with Crippen molar-refractivity contribution in [3.05, 3.63) is 30.3 Å². The zero-order valence-electron chi connectivity index (χ0n) is 9.52. The highest BCUT2D eigenvalue weighted by molar-refractivity contribution is 8.00. The largest absolute Gasteiger partial charge is 0.382 e. The Kier molecular flexibility index (Phi) is 2.81. The third-order valence-corrected chi connectivity index (χ3v) is 4.54. The van der Waals surface area contributed by atoms with Gasteiger partial charge >= 0.3 is 0 Å². The van der Waals surface area contributed by atoms with Gasteiger partial charge in [-0.15, -0.1) is 11.8 Å². The highest BCUT2D eigenvalue weighted by Gasteiger charge is 2.20. The minimum Gasteiger partial charge on any atom is -0.382 e. The fourth-order valence-corrected chi connectivity index (χ4v) is 3.33. The molecule has 3 rings (SSSR count). The van der Waals surface area contributed by atoms with Crippen LogP contribution in [0, 0.1) is 0 Å². The normalized spacial score (nSPS) is 15.8. The maximum Gasteiger partial charge on any atom is 0.145 e. The van der Waals surface area contributed by atoms with Crippen LogP contribution < -0.4 is 5.73 Å². The van der Waals surface area contributed by atoms with Crippen molar-refractivity contribution in [3.8, 4) is 11.3 Å². The number of hydrogen-bond donors (Lipinski definition) is 2.